The van der Waals surface area contributed by atoms with Crippen LogP contribution in [0.2, 0.25) is 5.02 Å². The molecule has 2 rings (SSSR count). The number of methoxy groups -OCH3 is 1. The average molecular weight is 363 g/mol. The third-order valence-corrected chi connectivity index (χ3v) is 3.99. The lowest BCUT2D eigenvalue weighted by molar-refractivity contribution is 0.0954. The lowest BCUT2D eigenvalue weighted by atomic mass is 10.2. The number of benzene rings is 2. The molecule has 0 aliphatic heterocycles. The van der Waals surface area contributed by atoms with Crippen LogP contribution in [0.25, 0.3) is 0 Å². The summed E-state index contributed by atoms with van der Waals surface area (Å²) in [6, 6.07) is 13.2. The molecule has 6 heteroatoms. The van der Waals surface area contributed by atoms with Crippen molar-refractivity contribution in [1.29, 1.82) is 0 Å². The smallest absolute Gasteiger partial charge is 0.251 e. The highest BCUT2D eigenvalue weighted by atomic mass is 35.5. The van der Waals surface area contributed by atoms with Gasteiger partial charge >= 0.3 is 0 Å². The first-order valence-corrected chi connectivity index (χ1v) is 8.49. The summed E-state index contributed by atoms with van der Waals surface area (Å²) in [6.07, 6.45) is 0. The fourth-order valence-corrected chi connectivity index (χ4v) is 2.65. The number of ether oxygens (including phenoxy) is 2. The second-order valence-electron chi connectivity index (χ2n) is 5.44. The summed E-state index contributed by atoms with van der Waals surface area (Å²) in [7, 11) is 3.50. The van der Waals surface area contributed by atoms with Crippen molar-refractivity contribution in [3.8, 4) is 11.5 Å². The van der Waals surface area contributed by atoms with Crippen molar-refractivity contribution in [2.45, 2.75) is 6.92 Å². The molecule has 134 valence electrons. The fraction of sp³-hybridized carbons (Fsp3) is 0.316. The molecule has 2 aromatic rings. The third-order valence-electron chi connectivity index (χ3n) is 3.71. The van der Waals surface area contributed by atoms with Crippen molar-refractivity contribution in [2.24, 2.45) is 0 Å². The number of amides is 1. The predicted molar refractivity (Wildman–Crippen MR) is 101 cm³/mol. The van der Waals surface area contributed by atoms with Gasteiger partial charge in [0.25, 0.3) is 5.91 Å². The van der Waals surface area contributed by atoms with Crippen LogP contribution in [-0.2, 0) is 0 Å². The molecule has 1 N–H and O–H groups in total. The lowest BCUT2D eigenvalue weighted by Gasteiger charge is -2.19. The maximum absolute atomic E-state index is 12.4. The summed E-state index contributed by atoms with van der Waals surface area (Å²) in [4.78, 5) is 14.4. The third kappa shape index (κ3) is 5.03. The van der Waals surface area contributed by atoms with E-state index >= 15 is 0 Å². The number of anilines is 1. The Bertz CT molecular complexity index is 707. The summed E-state index contributed by atoms with van der Waals surface area (Å²) < 4.78 is 10.7. The van der Waals surface area contributed by atoms with E-state index in [1.165, 1.54) is 7.11 Å². The Morgan fingerprint density at radius 1 is 1.24 bits per heavy atom. The van der Waals surface area contributed by atoms with Crippen molar-refractivity contribution in [3.63, 3.8) is 0 Å². The van der Waals surface area contributed by atoms with E-state index in [9.17, 15) is 4.79 Å². The normalized spacial score (nSPS) is 10.2. The zero-order valence-corrected chi connectivity index (χ0v) is 15.5. The Hall–Kier alpha value is -2.40. The van der Waals surface area contributed by atoms with Crippen molar-refractivity contribution < 1.29 is 14.3 Å². The van der Waals surface area contributed by atoms with Gasteiger partial charge in [-0.15, -0.1) is 0 Å². The Morgan fingerprint density at radius 2 is 1.96 bits per heavy atom. The Morgan fingerprint density at radius 3 is 2.60 bits per heavy atom. The number of halogens is 1. The van der Waals surface area contributed by atoms with E-state index < -0.39 is 0 Å². The van der Waals surface area contributed by atoms with Gasteiger partial charge in [-0.25, -0.2) is 0 Å². The van der Waals surface area contributed by atoms with Gasteiger partial charge in [0.05, 0.1) is 18.7 Å². The van der Waals surface area contributed by atoms with E-state index in [4.69, 9.17) is 21.1 Å². The predicted octanol–water partition coefficient (Wildman–Crippen LogP) is 3.61. The second-order valence-corrected chi connectivity index (χ2v) is 5.84. The SMILES string of the molecule is CCOc1c(Cl)cc(C(=O)NCCN(C)c2ccccc2)cc1OC. The van der Waals surface area contributed by atoms with Gasteiger partial charge in [-0.05, 0) is 31.2 Å². The molecule has 2 aromatic carbocycles. The molecule has 25 heavy (non-hydrogen) atoms. The number of nitrogens with one attached hydrogen (secondary N) is 1. The number of likely N-dealkylation sites (N-methyl/N-ethyl adjacent to an activating group) is 1. The average Bonchev–Trinajstić information content (AvgIpc) is 2.63. The molecule has 1 amide bonds. The largest absolute Gasteiger partial charge is 0.493 e. The van der Waals surface area contributed by atoms with Gasteiger partial charge in [0.1, 0.15) is 0 Å². The summed E-state index contributed by atoms with van der Waals surface area (Å²) in [5.74, 6) is 0.692. The molecule has 0 aliphatic carbocycles. The monoisotopic (exact) mass is 362 g/mol. The van der Waals surface area contributed by atoms with Crippen molar-refractivity contribution in [2.75, 3.05) is 38.8 Å². The summed E-state index contributed by atoms with van der Waals surface area (Å²) in [5.41, 5.74) is 1.54. The van der Waals surface area contributed by atoms with Crippen LogP contribution in [-0.4, -0.2) is 39.8 Å². The molecule has 0 bridgehead atoms. The minimum absolute atomic E-state index is 0.204. The van der Waals surface area contributed by atoms with Crippen LogP contribution in [0.15, 0.2) is 42.5 Å². The van der Waals surface area contributed by atoms with Crippen LogP contribution in [0.3, 0.4) is 0 Å². The van der Waals surface area contributed by atoms with Crippen molar-refractivity contribution in [3.05, 3.63) is 53.1 Å². The first-order chi connectivity index (χ1) is 12.1. The Kier molecular flexibility index (Phi) is 6.95. The van der Waals surface area contributed by atoms with Crippen LogP contribution in [0, 0.1) is 0 Å². The van der Waals surface area contributed by atoms with Gasteiger partial charge in [-0.2, -0.15) is 0 Å². The molecule has 0 aliphatic rings. The topological polar surface area (TPSA) is 50.8 Å². The molecule has 5 nitrogen and oxygen atoms in total. The zero-order chi connectivity index (χ0) is 18.2. The molecule has 0 radical (unpaired) electrons. The van der Waals surface area contributed by atoms with Gasteiger partial charge in [-0.3, -0.25) is 4.79 Å². The summed E-state index contributed by atoms with van der Waals surface area (Å²) >= 11 is 6.21. The van der Waals surface area contributed by atoms with Crippen molar-refractivity contribution in [1.82, 2.24) is 5.32 Å². The number of hydrogen-bond donors (Lipinski definition) is 1. The first-order valence-electron chi connectivity index (χ1n) is 8.11. The molecule has 0 saturated carbocycles. The van der Waals surface area contributed by atoms with Crippen LogP contribution in [0.4, 0.5) is 5.69 Å². The zero-order valence-electron chi connectivity index (χ0n) is 14.7. The highest BCUT2D eigenvalue weighted by Gasteiger charge is 2.15. The number of carbonyl (C=O) groups is 1. The Balaban J connectivity index is 1.98. The maximum Gasteiger partial charge on any atom is 0.251 e. The highest BCUT2D eigenvalue weighted by Crippen LogP contribution is 2.36. The van der Waals surface area contributed by atoms with Crippen LogP contribution in [0.1, 0.15) is 17.3 Å². The van der Waals surface area contributed by atoms with Gasteiger partial charge in [0.2, 0.25) is 0 Å². The number of carbonyl (C=O) groups excluding carboxylic acids is 1. The number of rotatable bonds is 8. The Labute approximate surface area is 153 Å². The summed E-state index contributed by atoms with van der Waals surface area (Å²) in [5, 5.41) is 3.25. The molecule has 0 saturated heterocycles. The van der Waals surface area contributed by atoms with Gasteiger partial charge in [0, 0.05) is 31.4 Å². The molecular formula is C19H23ClN2O3. The highest BCUT2D eigenvalue weighted by molar-refractivity contribution is 6.32. The van der Waals surface area contributed by atoms with Gasteiger partial charge in [-0.1, -0.05) is 29.8 Å². The number of hydrogen-bond acceptors (Lipinski definition) is 4. The van der Waals surface area contributed by atoms with E-state index in [-0.39, 0.29) is 5.91 Å². The molecule has 0 unspecified atom stereocenters. The van der Waals surface area contributed by atoms with Gasteiger partial charge in [0.15, 0.2) is 11.5 Å². The second kappa shape index (κ2) is 9.18. The molecular weight excluding hydrogens is 340 g/mol. The lowest BCUT2D eigenvalue weighted by Crippen LogP contribution is -2.33. The molecule has 0 heterocycles. The maximum atomic E-state index is 12.4. The van der Waals surface area contributed by atoms with Gasteiger partial charge < -0.3 is 19.7 Å². The molecule has 0 atom stereocenters. The minimum Gasteiger partial charge on any atom is -0.493 e. The standard InChI is InChI=1S/C19H23ClN2O3/c1-4-25-18-16(20)12-14(13-17(18)24-3)19(23)21-10-11-22(2)15-8-6-5-7-9-15/h5-9,12-13H,4,10-11H2,1-3H3,(H,21,23). The summed E-state index contributed by atoms with van der Waals surface area (Å²) in [6.45, 7) is 3.53. The first kappa shape index (κ1) is 18.9. The number of nitrogens with zero attached hydrogens (tertiary/aromatic N) is 1. The van der Waals surface area contributed by atoms with Crippen LogP contribution >= 0.6 is 11.6 Å². The fourth-order valence-electron chi connectivity index (χ4n) is 2.39. The minimum atomic E-state index is -0.204. The molecule has 0 aromatic heterocycles. The van der Waals surface area contributed by atoms with E-state index in [0.717, 1.165) is 5.69 Å². The van der Waals surface area contributed by atoms with E-state index in [0.29, 0.717) is 41.8 Å². The van der Waals surface area contributed by atoms with E-state index in [1.807, 2.05) is 44.3 Å². The quantitative estimate of drug-likeness (QED) is 0.779. The van der Waals surface area contributed by atoms with Crippen LogP contribution in [0.5, 0.6) is 11.5 Å². The van der Waals surface area contributed by atoms with E-state index in [1.54, 1.807) is 12.1 Å². The van der Waals surface area contributed by atoms with E-state index in [2.05, 4.69) is 10.2 Å². The van der Waals surface area contributed by atoms with Crippen LogP contribution < -0.4 is 19.7 Å². The molecule has 0 fully saturated rings. The molecule has 0 spiro atoms. The number of para-hydroxylation sites is 1. The van der Waals surface area contributed by atoms with Crippen molar-refractivity contribution >= 4 is 23.2 Å².